The third-order valence-electron chi connectivity index (χ3n) is 8.76. The van der Waals surface area contributed by atoms with Crippen LogP contribution in [0.1, 0.15) is 61.9 Å². The van der Waals surface area contributed by atoms with Gasteiger partial charge in [-0.1, -0.05) is 18.2 Å². The summed E-state index contributed by atoms with van der Waals surface area (Å²) < 4.78 is 3.44. The first-order valence-corrected chi connectivity index (χ1v) is 16.5. The number of aryl methyl sites for hydroxylation is 6. The Hall–Kier alpha value is -5.62. The quantitative estimate of drug-likeness (QED) is 0.129. The molecule has 0 saturated carbocycles. The molecule has 0 fully saturated rings. The second-order valence-corrected chi connectivity index (χ2v) is 12.6. The highest BCUT2D eigenvalue weighted by molar-refractivity contribution is 6.02. The van der Waals surface area contributed by atoms with Gasteiger partial charge in [-0.15, -0.1) is 10.2 Å². The number of hydrogen-bond donors (Lipinski definition) is 3. The van der Waals surface area contributed by atoms with Gasteiger partial charge in [0.05, 0.1) is 0 Å². The maximum Gasteiger partial charge on any atom is 0.295 e. The van der Waals surface area contributed by atoms with Crippen LogP contribution in [0.4, 0.5) is 11.4 Å². The summed E-state index contributed by atoms with van der Waals surface area (Å²) in [4.78, 5) is 39.7. The minimum absolute atomic E-state index is 0.143. The van der Waals surface area contributed by atoms with E-state index < -0.39 is 0 Å². The highest BCUT2D eigenvalue weighted by Crippen LogP contribution is 2.18. The predicted octanol–water partition coefficient (Wildman–Crippen LogP) is 6.07. The molecule has 49 heavy (non-hydrogen) atoms. The summed E-state index contributed by atoms with van der Waals surface area (Å²) in [7, 11) is 0. The van der Waals surface area contributed by atoms with Gasteiger partial charge >= 0.3 is 0 Å². The van der Waals surface area contributed by atoms with Gasteiger partial charge in [-0.2, -0.15) is 0 Å². The molecule has 0 aliphatic carbocycles. The number of carbonyl (C=O) groups is 2. The standard InChI is InChI=1S/C37H42N10O2/c1-25-7-10-31(19-27(25)3)41-36(48)34-39-23-46(43-34)17-5-15-45(22-29-9-12-33-30(21-29)13-14-38-33)16-6-18-47-24-40-35(44-47)37(49)42-32-11-8-26(2)28(4)20-32/h7-14,19-21,23-24,38H,5-6,15-18,22H2,1-4H3,(H,41,48)(H,42,49). The second kappa shape index (κ2) is 15.1. The van der Waals surface area contributed by atoms with Crippen molar-refractivity contribution in [1.29, 1.82) is 0 Å². The summed E-state index contributed by atoms with van der Waals surface area (Å²) in [5.41, 5.74) is 8.33. The lowest BCUT2D eigenvalue weighted by atomic mass is 10.1. The van der Waals surface area contributed by atoms with Crippen molar-refractivity contribution in [1.82, 2.24) is 39.4 Å². The molecule has 12 heteroatoms. The number of nitrogens with zero attached hydrogens (tertiary/aromatic N) is 7. The fourth-order valence-corrected chi connectivity index (χ4v) is 5.67. The molecule has 0 saturated heterocycles. The second-order valence-electron chi connectivity index (χ2n) is 12.6. The Labute approximate surface area is 285 Å². The Morgan fingerprint density at radius 2 is 1.24 bits per heavy atom. The van der Waals surface area contributed by atoms with Crippen LogP contribution in [0.15, 0.2) is 79.5 Å². The first-order valence-electron chi connectivity index (χ1n) is 16.5. The summed E-state index contributed by atoms with van der Waals surface area (Å²) in [5, 5.41) is 15.8. The van der Waals surface area contributed by atoms with E-state index in [1.807, 2.05) is 70.3 Å². The van der Waals surface area contributed by atoms with Crippen molar-refractivity contribution in [3.8, 4) is 0 Å². The lowest BCUT2D eigenvalue weighted by Gasteiger charge is -2.22. The van der Waals surface area contributed by atoms with Crippen molar-refractivity contribution in [2.75, 3.05) is 23.7 Å². The van der Waals surface area contributed by atoms with Gasteiger partial charge in [0.25, 0.3) is 11.8 Å². The highest BCUT2D eigenvalue weighted by atomic mass is 16.2. The summed E-state index contributed by atoms with van der Waals surface area (Å²) in [6.07, 6.45) is 6.81. The van der Waals surface area contributed by atoms with Gasteiger partial charge in [0.15, 0.2) is 0 Å². The van der Waals surface area contributed by atoms with Crippen LogP contribution in [-0.2, 0) is 19.6 Å². The van der Waals surface area contributed by atoms with E-state index in [1.165, 1.54) is 22.1 Å². The number of benzene rings is 3. The molecule has 3 N–H and O–H groups in total. The number of carbonyl (C=O) groups excluding carboxylic acids is 2. The first-order chi connectivity index (χ1) is 23.7. The van der Waals surface area contributed by atoms with E-state index in [9.17, 15) is 9.59 Å². The van der Waals surface area contributed by atoms with Gasteiger partial charge in [0.1, 0.15) is 12.7 Å². The summed E-state index contributed by atoms with van der Waals surface area (Å²) in [6.45, 7) is 11.8. The van der Waals surface area contributed by atoms with E-state index in [1.54, 1.807) is 22.0 Å². The molecule has 0 atom stereocenters. The lowest BCUT2D eigenvalue weighted by molar-refractivity contribution is 0.100. The molecule has 3 aromatic heterocycles. The maximum atomic E-state index is 12.8. The molecular formula is C37H42N10O2. The highest BCUT2D eigenvalue weighted by Gasteiger charge is 2.15. The fraction of sp³-hybridized carbons (Fsp3) is 0.297. The molecule has 2 amide bonds. The maximum absolute atomic E-state index is 12.8. The Kier molecular flexibility index (Phi) is 10.2. The molecule has 0 aliphatic rings. The monoisotopic (exact) mass is 658 g/mol. The van der Waals surface area contributed by atoms with E-state index in [0.29, 0.717) is 13.1 Å². The molecule has 12 nitrogen and oxygen atoms in total. The Morgan fingerprint density at radius 3 is 1.78 bits per heavy atom. The molecular weight excluding hydrogens is 616 g/mol. The number of fused-ring (bicyclic) bond motifs is 1. The largest absolute Gasteiger partial charge is 0.361 e. The van der Waals surface area contributed by atoms with Gasteiger partial charge < -0.3 is 15.6 Å². The predicted molar refractivity (Wildman–Crippen MR) is 191 cm³/mol. The molecule has 0 radical (unpaired) electrons. The molecule has 0 bridgehead atoms. The van der Waals surface area contributed by atoms with Crippen LogP contribution in [0.2, 0.25) is 0 Å². The fourth-order valence-electron chi connectivity index (χ4n) is 5.67. The van der Waals surface area contributed by atoms with E-state index in [0.717, 1.165) is 60.5 Å². The molecule has 6 rings (SSSR count). The third-order valence-corrected chi connectivity index (χ3v) is 8.76. The van der Waals surface area contributed by atoms with Crippen LogP contribution in [-0.4, -0.2) is 64.3 Å². The average molecular weight is 659 g/mol. The Bertz CT molecular complexity index is 1960. The number of aromatic nitrogens is 7. The lowest BCUT2D eigenvalue weighted by Crippen LogP contribution is -2.27. The molecule has 252 valence electrons. The SMILES string of the molecule is Cc1ccc(NC(=O)c2ncn(CCCN(CCCn3cnc(C(=O)Nc4ccc(C)c(C)c4)n3)Cc3ccc4[nH]ccc4c3)n2)cc1C. The minimum Gasteiger partial charge on any atom is -0.361 e. The smallest absolute Gasteiger partial charge is 0.295 e. The van der Waals surface area contributed by atoms with Gasteiger partial charge in [-0.25, -0.2) is 9.97 Å². The van der Waals surface area contributed by atoms with Gasteiger partial charge in [-0.3, -0.25) is 23.9 Å². The number of amides is 2. The third kappa shape index (κ3) is 8.65. The van der Waals surface area contributed by atoms with Crippen LogP contribution in [0, 0.1) is 27.7 Å². The van der Waals surface area contributed by atoms with Gasteiger partial charge in [0, 0.05) is 55.8 Å². The molecule has 0 spiro atoms. The van der Waals surface area contributed by atoms with Crippen LogP contribution in [0.5, 0.6) is 0 Å². The summed E-state index contributed by atoms with van der Waals surface area (Å²) in [5.74, 6) is -0.375. The zero-order chi connectivity index (χ0) is 34.3. The van der Waals surface area contributed by atoms with Crippen LogP contribution in [0.25, 0.3) is 10.9 Å². The van der Waals surface area contributed by atoms with Crippen LogP contribution < -0.4 is 10.6 Å². The van der Waals surface area contributed by atoms with Crippen molar-refractivity contribution in [3.63, 3.8) is 0 Å². The van der Waals surface area contributed by atoms with Crippen molar-refractivity contribution in [2.24, 2.45) is 0 Å². The number of nitrogens with one attached hydrogen (secondary N) is 3. The number of hydrogen-bond acceptors (Lipinski definition) is 7. The first kappa shape index (κ1) is 33.3. The summed E-state index contributed by atoms with van der Waals surface area (Å²) >= 11 is 0. The number of rotatable bonds is 14. The number of anilines is 2. The minimum atomic E-state index is -0.331. The average Bonchev–Trinajstić information content (AvgIpc) is 3.86. The van der Waals surface area contributed by atoms with Crippen molar-refractivity contribution >= 4 is 34.1 Å². The molecule has 3 heterocycles. The van der Waals surface area contributed by atoms with Crippen molar-refractivity contribution in [2.45, 2.75) is 60.2 Å². The zero-order valence-corrected chi connectivity index (χ0v) is 28.4. The zero-order valence-electron chi connectivity index (χ0n) is 28.4. The van der Waals surface area contributed by atoms with Crippen molar-refractivity contribution < 1.29 is 9.59 Å². The topological polar surface area (TPSA) is 139 Å². The summed E-state index contributed by atoms with van der Waals surface area (Å²) in [6, 6.07) is 20.2. The molecule has 3 aromatic carbocycles. The van der Waals surface area contributed by atoms with Crippen LogP contribution >= 0.6 is 0 Å². The van der Waals surface area contributed by atoms with Crippen molar-refractivity contribution in [3.05, 3.63) is 119 Å². The molecule has 6 aromatic rings. The normalized spacial score (nSPS) is 11.4. The number of H-pyrrole nitrogens is 1. The van der Waals surface area contributed by atoms with E-state index in [2.05, 4.69) is 64.9 Å². The van der Waals surface area contributed by atoms with E-state index >= 15 is 0 Å². The van der Waals surface area contributed by atoms with E-state index in [-0.39, 0.29) is 23.5 Å². The van der Waals surface area contributed by atoms with Gasteiger partial charge in [-0.05, 0) is 116 Å². The molecule has 0 unspecified atom stereocenters. The molecule has 0 aliphatic heterocycles. The Balaban J connectivity index is 1.03. The number of aromatic amines is 1. The van der Waals surface area contributed by atoms with Gasteiger partial charge in [0.2, 0.25) is 11.6 Å². The van der Waals surface area contributed by atoms with Crippen LogP contribution in [0.3, 0.4) is 0 Å². The Morgan fingerprint density at radius 1 is 0.694 bits per heavy atom. The van der Waals surface area contributed by atoms with E-state index in [4.69, 9.17) is 0 Å².